The van der Waals surface area contributed by atoms with Gasteiger partial charge >= 0.3 is 0 Å². The molecule has 2 aromatic rings. The fourth-order valence-electron chi connectivity index (χ4n) is 4.28. The van der Waals surface area contributed by atoms with Crippen molar-refractivity contribution in [3.05, 3.63) is 53.1 Å². The lowest BCUT2D eigenvalue weighted by molar-refractivity contribution is 0.0910. The van der Waals surface area contributed by atoms with Gasteiger partial charge in [0.1, 0.15) is 5.75 Å². The average molecular weight is 523 g/mol. The van der Waals surface area contributed by atoms with Gasteiger partial charge in [-0.15, -0.1) is 0 Å². The first-order chi connectivity index (χ1) is 16.7. The quantitative estimate of drug-likeness (QED) is 0.386. The zero-order valence-electron chi connectivity index (χ0n) is 20.3. The first kappa shape index (κ1) is 27.3. The largest absolute Gasteiger partial charge is 0.496 e. The molecule has 1 unspecified atom stereocenters. The van der Waals surface area contributed by atoms with Crippen LogP contribution in [0.1, 0.15) is 49.4 Å². The van der Waals surface area contributed by atoms with Crippen molar-refractivity contribution in [1.82, 2.24) is 14.9 Å². The van der Waals surface area contributed by atoms with E-state index < -0.39 is 10.0 Å². The number of ether oxygens (including phenoxy) is 1. The van der Waals surface area contributed by atoms with E-state index in [0.717, 1.165) is 45.2 Å². The van der Waals surface area contributed by atoms with Gasteiger partial charge in [0, 0.05) is 12.6 Å². The fraction of sp³-hybridized carbons (Fsp3) is 0.480. The van der Waals surface area contributed by atoms with Crippen molar-refractivity contribution in [2.24, 2.45) is 5.92 Å². The van der Waals surface area contributed by atoms with Crippen LogP contribution in [0.4, 0.5) is 5.69 Å². The minimum absolute atomic E-state index is 0.253. The van der Waals surface area contributed by atoms with Gasteiger partial charge in [0.25, 0.3) is 5.91 Å². The molecule has 0 aliphatic carbocycles. The minimum atomic E-state index is -3.60. The number of sulfonamides is 1. The van der Waals surface area contributed by atoms with E-state index in [1.165, 1.54) is 13.2 Å². The van der Waals surface area contributed by atoms with Crippen LogP contribution in [0, 0.1) is 5.92 Å². The zero-order chi connectivity index (χ0) is 25.4. The molecule has 0 radical (unpaired) electrons. The minimum Gasteiger partial charge on any atom is -0.496 e. The summed E-state index contributed by atoms with van der Waals surface area (Å²) in [5.74, 6) is 0.411. The number of methoxy groups -OCH3 is 1. The molecule has 1 amide bonds. The Kier molecular flexibility index (Phi) is 9.80. The number of nitrogens with one attached hydrogen (secondary N) is 2. The van der Waals surface area contributed by atoms with E-state index in [0.29, 0.717) is 34.5 Å². The van der Waals surface area contributed by atoms with Crippen molar-refractivity contribution in [2.45, 2.75) is 50.1 Å². The van der Waals surface area contributed by atoms with Crippen LogP contribution in [0.2, 0.25) is 5.02 Å². The maximum absolute atomic E-state index is 12.9. The van der Waals surface area contributed by atoms with E-state index in [9.17, 15) is 13.2 Å². The summed E-state index contributed by atoms with van der Waals surface area (Å²) in [6.45, 7) is 4.13. The number of amides is 1. The van der Waals surface area contributed by atoms with Gasteiger partial charge in [-0.25, -0.2) is 8.42 Å². The second-order valence-corrected chi connectivity index (χ2v) is 11.0. The molecule has 10 heteroatoms. The van der Waals surface area contributed by atoms with E-state index in [-0.39, 0.29) is 17.0 Å². The number of nitrogen functional groups attached to an aromatic ring is 1. The molecule has 0 saturated carbocycles. The molecule has 192 valence electrons. The molecule has 1 heterocycles. The molecule has 1 aliphatic heterocycles. The fourth-order valence-corrected chi connectivity index (χ4v) is 5.72. The normalized spacial score (nSPS) is 16.1. The Bertz CT molecular complexity index is 1090. The van der Waals surface area contributed by atoms with Gasteiger partial charge in [0.05, 0.1) is 34.4 Å². The van der Waals surface area contributed by atoms with Gasteiger partial charge in [0.2, 0.25) is 10.0 Å². The highest BCUT2D eigenvalue weighted by molar-refractivity contribution is 7.89. The Morgan fingerprint density at radius 1 is 1.23 bits per heavy atom. The third-order valence-corrected chi connectivity index (χ3v) is 8.18. The van der Waals surface area contributed by atoms with Gasteiger partial charge in [-0.3, -0.25) is 9.69 Å². The highest BCUT2D eigenvalue weighted by Crippen LogP contribution is 2.29. The predicted molar refractivity (Wildman–Crippen MR) is 139 cm³/mol. The van der Waals surface area contributed by atoms with E-state index in [1.807, 2.05) is 0 Å². The Labute approximate surface area is 213 Å². The third-order valence-electron chi connectivity index (χ3n) is 6.38. The number of benzene rings is 2. The van der Waals surface area contributed by atoms with Gasteiger partial charge < -0.3 is 15.8 Å². The van der Waals surface area contributed by atoms with Crippen LogP contribution in [0.25, 0.3) is 0 Å². The van der Waals surface area contributed by atoms with Crippen LogP contribution in [0.3, 0.4) is 0 Å². The number of hydrogen-bond acceptors (Lipinski definition) is 6. The standard InChI is InChI=1S/C25H35ClN4O4S/c1-3-4-10-24(29-35(32,33)19-8-6-5-7-9-19)30-13-11-18(12-14-30)17-28-25(31)20-15-21(26)22(27)16-23(20)34-2/h5-9,15-16,18,24,29H,3-4,10-14,17,27H2,1-2H3,(H,28,31). The van der Waals surface area contributed by atoms with E-state index >= 15 is 0 Å². The zero-order valence-corrected chi connectivity index (χ0v) is 21.9. The van der Waals surface area contributed by atoms with Crippen LogP contribution < -0.4 is 20.5 Å². The number of carbonyl (C=O) groups excluding carboxylic acids is 1. The Balaban J connectivity index is 1.57. The highest BCUT2D eigenvalue weighted by Gasteiger charge is 2.29. The Morgan fingerprint density at radius 3 is 2.54 bits per heavy atom. The van der Waals surface area contributed by atoms with Crippen molar-refractivity contribution in [3.63, 3.8) is 0 Å². The van der Waals surface area contributed by atoms with Crippen LogP contribution in [-0.4, -0.2) is 52.1 Å². The van der Waals surface area contributed by atoms with E-state index in [1.54, 1.807) is 36.4 Å². The lowest BCUT2D eigenvalue weighted by Gasteiger charge is -2.38. The molecule has 35 heavy (non-hydrogen) atoms. The summed E-state index contributed by atoms with van der Waals surface area (Å²) in [5, 5.41) is 3.29. The number of hydrogen-bond donors (Lipinski definition) is 3. The molecular formula is C25H35ClN4O4S. The van der Waals surface area contributed by atoms with Gasteiger partial charge in [-0.1, -0.05) is 49.6 Å². The number of rotatable bonds is 11. The molecule has 1 aliphatic rings. The van der Waals surface area contributed by atoms with Crippen molar-refractivity contribution < 1.29 is 17.9 Å². The molecule has 4 N–H and O–H groups in total. The molecule has 3 rings (SSSR count). The molecule has 0 bridgehead atoms. The van der Waals surface area contributed by atoms with Crippen LogP contribution in [0.15, 0.2) is 47.4 Å². The number of anilines is 1. The molecule has 2 aromatic carbocycles. The third kappa shape index (κ3) is 7.33. The number of nitrogens with two attached hydrogens (primary N) is 1. The summed E-state index contributed by atoms with van der Waals surface area (Å²) in [6, 6.07) is 11.5. The molecule has 1 atom stereocenters. The SMILES string of the molecule is CCCCC(NS(=O)(=O)c1ccccc1)N1CCC(CNC(=O)c2cc(Cl)c(N)cc2OC)CC1. The second-order valence-electron chi connectivity index (χ2n) is 8.86. The Hall–Kier alpha value is -2.33. The summed E-state index contributed by atoms with van der Waals surface area (Å²) >= 11 is 6.09. The van der Waals surface area contributed by atoms with Gasteiger partial charge in [0.15, 0.2) is 0 Å². The maximum atomic E-state index is 12.9. The van der Waals surface area contributed by atoms with Crippen molar-refractivity contribution in [1.29, 1.82) is 0 Å². The summed E-state index contributed by atoms with van der Waals surface area (Å²) < 4.78 is 34.0. The number of unbranched alkanes of at least 4 members (excludes halogenated alkanes) is 1. The van der Waals surface area contributed by atoms with Gasteiger partial charge in [-0.05, 0) is 56.5 Å². The van der Waals surface area contributed by atoms with Gasteiger partial charge in [-0.2, -0.15) is 4.72 Å². The molecular weight excluding hydrogens is 488 g/mol. The summed E-state index contributed by atoms with van der Waals surface area (Å²) in [7, 11) is -2.12. The molecule has 0 spiro atoms. The number of carbonyl (C=O) groups is 1. The van der Waals surface area contributed by atoms with Crippen LogP contribution >= 0.6 is 11.6 Å². The van der Waals surface area contributed by atoms with Crippen molar-refractivity contribution in [2.75, 3.05) is 32.5 Å². The first-order valence-corrected chi connectivity index (χ1v) is 13.8. The average Bonchev–Trinajstić information content (AvgIpc) is 2.87. The maximum Gasteiger partial charge on any atom is 0.255 e. The van der Waals surface area contributed by atoms with Crippen LogP contribution in [0.5, 0.6) is 5.75 Å². The van der Waals surface area contributed by atoms with Crippen molar-refractivity contribution in [3.8, 4) is 5.75 Å². The summed E-state index contributed by atoms with van der Waals surface area (Å²) in [4.78, 5) is 15.2. The topological polar surface area (TPSA) is 114 Å². The predicted octanol–water partition coefficient (Wildman–Crippen LogP) is 3.87. The van der Waals surface area contributed by atoms with Crippen LogP contribution in [-0.2, 0) is 10.0 Å². The van der Waals surface area contributed by atoms with E-state index in [2.05, 4.69) is 21.9 Å². The molecule has 8 nitrogen and oxygen atoms in total. The smallest absolute Gasteiger partial charge is 0.255 e. The lowest BCUT2D eigenvalue weighted by Crippen LogP contribution is -2.51. The number of likely N-dealkylation sites (tertiary alicyclic amines) is 1. The summed E-state index contributed by atoms with van der Waals surface area (Å²) in [6.07, 6.45) is 4.14. The molecule has 0 aromatic heterocycles. The number of piperidine rings is 1. The monoisotopic (exact) mass is 522 g/mol. The molecule has 1 saturated heterocycles. The lowest BCUT2D eigenvalue weighted by atomic mass is 9.96. The highest BCUT2D eigenvalue weighted by atomic mass is 35.5. The molecule has 1 fully saturated rings. The second kappa shape index (κ2) is 12.6. The number of halogens is 1. The summed E-state index contributed by atoms with van der Waals surface area (Å²) in [5.41, 5.74) is 6.51. The number of nitrogens with zero attached hydrogens (tertiary/aromatic N) is 1. The van der Waals surface area contributed by atoms with Crippen molar-refractivity contribution >= 4 is 33.2 Å². The Morgan fingerprint density at radius 2 is 1.91 bits per heavy atom. The van der Waals surface area contributed by atoms with E-state index in [4.69, 9.17) is 22.1 Å². The first-order valence-electron chi connectivity index (χ1n) is 12.0.